The van der Waals surface area contributed by atoms with E-state index < -0.39 is 5.76 Å². The number of benzene rings is 2. The fraction of sp³-hybridized carbons (Fsp3) is 0.176. The Morgan fingerprint density at radius 3 is 2.74 bits per heavy atom. The van der Waals surface area contributed by atoms with Crippen LogP contribution >= 0.6 is 11.6 Å². The van der Waals surface area contributed by atoms with Crippen LogP contribution in [-0.4, -0.2) is 10.5 Å². The molecule has 5 nitrogen and oxygen atoms in total. The molecule has 0 saturated heterocycles. The lowest BCUT2D eigenvalue weighted by Gasteiger charge is -2.11. The smallest absolute Gasteiger partial charge is 0.408 e. The van der Waals surface area contributed by atoms with Gasteiger partial charge in [-0.2, -0.15) is 0 Å². The Kier molecular flexibility index (Phi) is 3.96. The summed E-state index contributed by atoms with van der Waals surface area (Å²) >= 11 is 6.19. The number of fused-ring (bicyclic) bond motifs is 1. The zero-order valence-electron chi connectivity index (χ0n) is 12.7. The fourth-order valence-corrected chi connectivity index (χ4v) is 2.93. The summed E-state index contributed by atoms with van der Waals surface area (Å²) in [6.45, 7) is 3.66. The van der Waals surface area contributed by atoms with Crippen LogP contribution in [0.5, 0.6) is 0 Å². The Bertz CT molecular complexity index is 933. The van der Waals surface area contributed by atoms with Gasteiger partial charge in [0, 0.05) is 0 Å². The molecule has 0 saturated carbocycles. The molecule has 1 aromatic heterocycles. The highest BCUT2D eigenvalue weighted by Crippen LogP contribution is 2.27. The fourth-order valence-electron chi connectivity index (χ4n) is 2.56. The molecule has 0 unspecified atom stereocenters. The van der Waals surface area contributed by atoms with E-state index >= 15 is 0 Å². The van der Waals surface area contributed by atoms with Crippen molar-refractivity contribution in [2.75, 3.05) is 5.32 Å². The Morgan fingerprint density at radius 1 is 1.26 bits per heavy atom. The number of carbonyl (C=O) groups excluding carboxylic acids is 1. The molecule has 6 heteroatoms. The summed E-state index contributed by atoms with van der Waals surface area (Å²) in [4.78, 5) is 24.2. The van der Waals surface area contributed by atoms with E-state index in [1.165, 1.54) is 4.57 Å². The molecule has 0 aliphatic rings. The number of carbonyl (C=O) groups is 1. The maximum absolute atomic E-state index is 12.3. The van der Waals surface area contributed by atoms with Crippen molar-refractivity contribution in [3.05, 3.63) is 63.1 Å². The van der Waals surface area contributed by atoms with Gasteiger partial charge in [-0.1, -0.05) is 29.8 Å². The number of nitrogens with one attached hydrogen (secondary N) is 1. The van der Waals surface area contributed by atoms with Crippen molar-refractivity contribution < 1.29 is 9.21 Å². The van der Waals surface area contributed by atoms with E-state index in [9.17, 15) is 9.59 Å². The summed E-state index contributed by atoms with van der Waals surface area (Å²) in [6, 6.07) is 10.7. The van der Waals surface area contributed by atoms with E-state index in [0.717, 1.165) is 11.1 Å². The molecule has 2 aromatic carbocycles. The number of halogens is 1. The largest absolute Gasteiger partial charge is 0.420 e. The highest BCUT2D eigenvalue weighted by atomic mass is 35.5. The first-order valence-corrected chi connectivity index (χ1v) is 7.48. The van der Waals surface area contributed by atoms with E-state index in [1.54, 1.807) is 30.3 Å². The molecule has 0 bridgehead atoms. The number of rotatable bonds is 3. The quantitative estimate of drug-likeness (QED) is 0.799. The standard InChI is InChI=1S/C17H15ClN2O3/c1-10-7-11(2)16(12(18)8-10)19-15(21)9-20-13-5-3-4-6-14(13)23-17(20)22/h3-8H,9H2,1-2H3,(H,19,21). The van der Waals surface area contributed by atoms with Gasteiger partial charge in [-0.25, -0.2) is 4.79 Å². The molecule has 3 aromatic rings. The number of hydrogen-bond acceptors (Lipinski definition) is 3. The number of oxazole rings is 1. The molecular formula is C17H15ClN2O3. The first-order chi connectivity index (χ1) is 11.0. The summed E-state index contributed by atoms with van der Waals surface area (Å²) in [5, 5.41) is 3.24. The molecular weight excluding hydrogens is 316 g/mol. The number of hydrogen-bond donors (Lipinski definition) is 1. The molecule has 0 aliphatic carbocycles. The second kappa shape index (κ2) is 5.93. The molecule has 0 radical (unpaired) electrons. The maximum Gasteiger partial charge on any atom is 0.420 e. The second-order valence-corrected chi connectivity index (χ2v) is 5.82. The van der Waals surface area contributed by atoms with Crippen molar-refractivity contribution in [3.8, 4) is 0 Å². The van der Waals surface area contributed by atoms with E-state index in [0.29, 0.717) is 21.8 Å². The third-order valence-electron chi connectivity index (χ3n) is 3.57. The van der Waals surface area contributed by atoms with Crippen LogP contribution in [0.4, 0.5) is 5.69 Å². The van der Waals surface area contributed by atoms with Gasteiger partial charge in [0.15, 0.2) is 5.58 Å². The van der Waals surface area contributed by atoms with Gasteiger partial charge in [0.05, 0.1) is 16.2 Å². The highest BCUT2D eigenvalue weighted by molar-refractivity contribution is 6.34. The number of para-hydroxylation sites is 2. The van der Waals surface area contributed by atoms with E-state index in [-0.39, 0.29) is 12.5 Å². The SMILES string of the molecule is Cc1cc(C)c(NC(=O)Cn2c(=O)oc3ccccc32)c(Cl)c1. The summed E-state index contributed by atoms with van der Waals surface area (Å²) < 4.78 is 6.41. The highest BCUT2D eigenvalue weighted by Gasteiger charge is 2.14. The Labute approximate surface area is 137 Å². The first kappa shape index (κ1) is 15.4. The molecule has 0 fully saturated rings. The molecule has 0 aliphatic heterocycles. The van der Waals surface area contributed by atoms with Crippen LogP contribution in [0, 0.1) is 13.8 Å². The van der Waals surface area contributed by atoms with E-state index in [2.05, 4.69) is 5.32 Å². The van der Waals surface area contributed by atoms with Crippen LogP contribution in [0.15, 0.2) is 45.6 Å². The van der Waals surface area contributed by atoms with Crippen LogP contribution in [0.3, 0.4) is 0 Å². The first-order valence-electron chi connectivity index (χ1n) is 7.10. The number of anilines is 1. The number of aryl methyl sites for hydroxylation is 2. The Hall–Kier alpha value is -2.53. The molecule has 23 heavy (non-hydrogen) atoms. The lowest BCUT2D eigenvalue weighted by molar-refractivity contribution is -0.116. The molecule has 0 spiro atoms. The number of nitrogens with zero attached hydrogens (tertiary/aromatic N) is 1. The molecule has 1 N–H and O–H groups in total. The Balaban J connectivity index is 1.88. The summed E-state index contributed by atoms with van der Waals surface area (Å²) in [7, 11) is 0. The average molecular weight is 331 g/mol. The zero-order valence-corrected chi connectivity index (χ0v) is 13.5. The second-order valence-electron chi connectivity index (χ2n) is 5.41. The van der Waals surface area contributed by atoms with Gasteiger partial charge < -0.3 is 9.73 Å². The van der Waals surface area contributed by atoms with Gasteiger partial charge in [0.25, 0.3) is 0 Å². The molecule has 3 rings (SSSR count). The zero-order chi connectivity index (χ0) is 16.6. The van der Waals surface area contributed by atoms with Gasteiger partial charge in [0.2, 0.25) is 5.91 Å². The van der Waals surface area contributed by atoms with Crippen molar-refractivity contribution in [2.45, 2.75) is 20.4 Å². The third-order valence-corrected chi connectivity index (χ3v) is 3.87. The van der Waals surface area contributed by atoms with Crippen molar-refractivity contribution in [1.82, 2.24) is 4.57 Å². The minimum absolute atomic E-state index is 0.139. The maximum atomic E-state index is 12.3. The summed E-state index contributed by atoms with van der Waals surface area (Å²) in [6.07, 6.45) is 0. The van der Waals surface area contributed by atoms with Crippen molar-refractivity contribution in [2.24, 2.45) is 0 Å². The van der Waals surface area contributed by atoms with Crippen molar-refractivity contribution in [3.63, 3.8) is 0 Å². The van der Waals surface area contributed by atoms with Gasteiger partial charge >= 0.3 is 5.76 Å². The van der Waals surface area contributed by atoms with Crippen molar-refractivity contribution >= 4 is 34.3 Å². The van der Waals surface area contributed by atoms with Crippen LogP contribution in [0.1, 0.15) is 11.1 Å². The minimum Gasteiger partial charge on any atom is -0.408 e. The molecule has 1 heterocycles. The normalized spacial score (nSPS) is 10.9. The van der Waals surface area contributed by atoms with Crippen molar-refractivity contribution in [1.29, 1.82) is 0 Å². The average Bonchev–Trinajstić information content (AvgIpc) is 2.79. The Morgan fingerprint density at radius 2 is 2.00 bits per heavy atom. The molecule has 0 atom stereocenters. The lowest BCUT2D eigenvalue weighted by atomic mass is 10.1. The predicted molar refractivity (Wildman–Crippen MR) is 90.0 cm³/mol. The van der Waals surface area contributed by atoms with Crippen LogP contribution in [-0.2, 0) is 11.3 Å². The van der Waals surface area contributed by atoms with Gasteiger partial charge in [-0.15, -0.1) is 0 Å². The lowest BCUT2D eigenvalue weighted by Crippen LogP contribution is -2.25. The third kappa shape index (κ3) is 3.00. The number of amides is 1. The summed E-state index contributed by atoms with van der Waals surface area (Å²) in [5.41, 5.74) is 3.48. The van der Waals surface area contributed by atoms with Gasteiger partial charge in [0.1, 0.15) is 6.54 Å². The van der Waals surface area contributed by atoms with Gasteiger partial charge in [-0.3, -0.25) is 9.36 Å². The monoisotopic (exact) mass is 330 g/mol. The molecule has 1 amide bonds. The van der Waals surface area contributed by atoms with Crippen LogP contribution in [0.2, 0.25) is 5.02 Å². The number of aromatic nitrogens is 1. The van der Waals surface area contributed by atoms with Crippen LogP contribution in [0.25, 0.3) is 11.1 Å². The van der Waals surface area contributed by atoms with E-state index in [4.69, 9.17) is 16.0 Å². The van der Waals surface area contributed by atoms with Gasteiger partial charge in [-0.05, 0) is 43.2 Å². The molecule has 118 valence electrons. The minimum atomic E-state index is -0.562. The predicted octanol–water partition coefficient (Wildman–Crippen LogP) is 3.50. The summed E-state index contributed by atoms with van der Waals surface area (Å²) in [5.74, 6) is -0.902. The van der Waals surface area contributed by atoms with Crippen LogP contribution < -0.4 is 11.1 Å². The topological polar surface area (TPSA) is 64.2 Å². The van der Waals surface area contributed by atoms with E-state index in [1.807, 2.05) is 19.9 Å².